The van der Waals surface area contributed by atoms with Crippen LogP contribution in [-0.2, 0) is 0 Å². The van der Waals surface area contributed by atoms with Gasteiger partial charge < -0.3 is 0 Å². The topological polar surface area (TPSA) is 0 Å². The minimum atomic E-state index is -0.589. The van der Waals surface area contributed by atoms with E-state index in [9.17, 15) is 4.39 Å². The molecule has 0 N–H and O–H groups in total. The van der Waals surface area contributed by atoms with Gasteiger partial charge >= 0.3 is 0 Å². The Hall–Kier alpha value is -0.850. The molecular formula is C26H41F. The second kappa shape index (κ2) is 10.6. The molecule has 3 rings (SSSR count). The first kappa shape index (κ1) is 20.9. The highest BCUT2D eigenvalue weighted by Crippen LogP contribution is 2.41. The number of hydrogen-bond acceptors (Lipinski definition) is 0. The van der Waals surface area contributed by atoms with Gasteiger partial charge in [-0.05, 0) is 86.2 Å². The van der Waals surface area contributed by atoms with Crippen LogP contribution in [0.1, 0.15) is 120 Å². The first-order chi connectivity index (χ1) is 13.2. The van der Waals surface area contributed by atoms with E-state index < -0.39 is 6.17 Å². The zero-order valence-corrected chi connectivity index (χ0v) is 17.8. The van der Waals surface area contributed by atoms with Crippen LogP contribution in [0.3, 0.4) is 0 Å². The lowest BCUT2D eigenvalue weighted by Crippen LogP contribution is -2.25. The van der Waals surface area contributed by atoms with Crippen molar-refractivity contribution >= 4 is 0 Å². The molecular weight excluding hydrogens is 331 g/mol. The fourth-order valence-electron chi connectivity index (χ4n) is 5.70. The Kier molecular flexibility index (Phi) is 8.22. The van der Waals surface area contributed by atoms with Crippen molar-refractivity contribution in [1.29, 1.82) is 0 Å². The number of halogens is 1. The second-order valence-electron chi connectivity index (χ2n) is 9.45. The maximum Gasteiger partial charge on any atom is 0.103 e. The highest BCUT2D eigenvalue weighted by atomic mass is 19.1. The molecule has 2 aliphatic rings. The maximum atomic E-state index is 14.7. The summed E-state index contributed by atoms with van der Waals surface area (Å²) in [5.41, 5.74) is 2.91. The van der Waals surface area contributed by atoms with Crippen molar-refractivity contribution < 1.29 is 4.39 Å². The molecule has 1 aromatic carbocycles. The van der Waals surface area contributed by atoms with Gasteiger partial charge in [0.2, 0.25) is 0 Å². The maximum absolute atomic E-state index is 14.7. The van der Waals surface area contributed by atoms with Gasteiger partial charge in [-0.15, -0.1) is 0 Å². The molecule has 0 saturated heterocycles. The summed E-state index contributed by atoms with van der Waals surface area (Å²) in [5.74, 6) is 2.50. The summed E-state index contributed by atoms with van der Waals surface area (Å²) in [5, 5.41) is 0. The monoisotopic (exact) mass is 372 g/mol. The van der Waals surface area contributed by atoms with E-state index in [0.29, 0.717) is 11.8 Å². The molecule has 0 bridgehead atoms. The number of unbranched alkanes of at least 4 members (excludes halogenated alkanes) is 2. The average molecular weight is 373 g/mol. The normalized spacial score (nSPS) is 31.7. The van der Waals surface area contributed by atoms with Crippen LogP contribution >= 0.6 is 0 Å². The Bertz CT molecular complexity index is 526. The lowest BCUT2D eigenvalue weighted by atomic mass is 9.74. The van der Waals surface area contributed by atoms with E-state index in [0.717, 1.165) is 31.1 Å². The molecule has 0 aliphatic heterocycles. The van der Waals surface area contributed by atoms with Gasteiger partial charge in [0, 0.05) is 0 Å². The number of rotatable bonds is 8. The summed E-state index contributed by atoms with van der Waals surface area (Å²) in [6.45, 7) is 4.54. The van der Waals surface area contributed by atoms with E-state index in [2.05, 4.69) is 38.1 Å². The van der Waals surface area contributed by atoms with E-state index in [-0.39, 0.29) is 0 Å². The molecule has 1 heteroatoms. The zero-order chi connectivity index (χ0) is 19.1. The minimum absolute atomic E-state index is 0.324. The number of hydrogen-bond donors (Lipinski definition) is 0. The van der Waals surface area contributed by atoms with Gasteiger partial charge in [0.1, 0.15) is 6.17 Å². The van der Waals surface area contributed by atoms with E-state index >= 15 is 0 Å². The van der Waals surface area contributed by atoms with Crippen LogP contribution in [0.25, 0.3) is 0 Å². The molecule has 3 atom stereocenters. The quantitative estimate of drug-likeness (QED) is 0.401. The molecule has 0 spiro atoms. The largest absolute Gasteiger partial charge is 0.247 e. The molecule has 2 saturated carbocycles. The Balaban J connectivity index is 1.49. The summed E-state index contributed by atoms with van der Waals surface area (Å²) < 4.78 is 14.7. The van der Waals surface area contributed by atoms with Crippen LogP contribution in [0, 0.1) is 11.8 Å². The fourth-order valence-corrected chi connectivity index (χ4v) is 5.70. The molecule has 0 aromatic heterocycles. The summed E-state index contributed by atoms with van der Waals surface area (Å²) in [6.07, 6.45) is 15.5. The molecule has 0 amide bonds. The lowest BCUT2D eigenvalue weighted by molar-refractivity contribution is 0.141. The standard InChI is InChI=1S/C26H41F/c1-3-5-6-8-24-17-18-25(19-26(24)27)23-15-13-22(14-16-23)21-11-9-20(7-4-2)10-12-21/h13-16,20-21,24-26H,3-12,17-19H2,1-2H3/t20-,21-,24-,25?,26-/m1/s1. The average Bonchev–Trinajstić information content (AvgIpc) is 2.70. The van der Waals surface area contributed by atoms with Crippen LogP contribution in [0.5, 0.6) is 0 Å². The van der Waals surface area contributed by atoms with Crippen LogP contribution < -0.4 is 0 Å². The van der Waals surface area contributed by atoms with Crippen LogP contribution in [0.15, 0.2) is 24.3 Å². The number of alkyl halides is 1. The molecule has 2 aliphatic carbocycles. The first-order valence-corrected chi connectivity index (χ1v) is 11.9. The Morgan fingerprint density at radius 1 is 0.741 bits per heavy atom. The molecule has 2 fully saturated rings. The summed E-state index contributed by atoms with van der Waals surface area (Å²) in [7, 11) is 0. The van der Waals surface area contributed by atoms with Gasteiger partial charge in [0.25, 0.3) is 0 Å². The number of benzene rings is 1. The van der Waals surface area contributed by atoms with Gasteiger partial charge in [-0.3, -0.25) is 0 Å². The third-order valence-electron chi connectivity index (χ3n) is 7.51. The Morgan fingerprint density at radius 3 is 1.96 bits per heavy atom. The van der Waals surface area contributed by atoms with Gasteiger partial charge in [-0.25, -0.2) is 4.39 Å². The molecule has 1 unspecified atom stereocenters. The molecule has 0 nitrogen and oxygen atoms in total. The molecule has 27 heavy (non-hydrogen) atoms. The van der Waals surface area contributed by atoms with E-state index in [1.165, 1.54) is 75.3 Å². The fraction of sp³-hybridized carbons (Fsp3) is 0.769. The van der Waals surface area contributed by atoms with Crippen LogP contribution in [0.2, 0.25) is 0 Å². The SMILES string of the molecule is CCCCC[C@@H]1CCC(c2ccc([C@H]3CC[C@H](CCC)CC3)cc2)C[C@H]1F. The van der Waals surface area contributed by atoms with Crippen molar-refractivity contribution in [2.45, 2.75) is 115 Å². The van der Waals surface area contributed by atoms with Crippen molar-refractivity contribution in [3.05, 3.63) is 35.4 Å². The second-order valence-corrected chi connectivity index (χ2v) is 9.45. The van der Waals surface area contributed by atoms with Crippen molar-refractivity contribution in [3.8, 4) is 0 Å². The third-order valence-corrected chi connectivity index (χ3v) is 7.51. The first-order valence-electron chi connectivity index (χ1n) is 11.9. The Labute approximate surface area is 167 Å². The molecule has 0 radical (unpaired) electrons. The lowest BCUT2D eigenvalue weighted by Gasteiger charge is -2.32. The van der Waals surface area contributed by atoms with Crippen molar-refractivity contribution in [1.82, 2.24) is 0 Å². The highest BCUT2D eigenvalue weighted by molar-refractivity contribution is 5.28. The zero-order valence-electron chi connectivity index (χ0n) is 17.8. The smallest absolute Gasteiger partial charge is 0.103 e. The summed E-state index contributed by atoms with van der Waals surface area (Å²) in [4.78, 5) is 0. The summed E-state index contributed by atoms with van der Waals surface area (Å²) >= 11 is 0. The third kappa shape index (κ3) is 5.81. The van der Waals surface area contributed by atoms with E-state index in [4.69, 9.17) is 0 Å². The van der Waals surface area contributed by atoms with E-state index in [1.54, 1.807) is 0 Å². The van der Waals surface area contributed by atoms with Gasteiger partial charge in [-0.1, -0.05) is 70.2 Å². The van der Waals surface area contributed by atoms with Crippen LogP contribution in [-0.4, -0.2) is 6.17 Å². The van der Waals surface area contributed by atoms with Crippen molar-refractivity contribution in [2.24, 2.45) is 11.8 Å². The predicted molar refractivity (Wildman–Crippen MR) is 115 cm³/mol. The Morgan fingerprint density at radius 2 is 1.37 bits per heavy atom. The minimum Gasteiger partial charge on any atom is -0.247 e. The molecule has 1 aromatic rings. The van der Waals surface area contributed by atoms with Gasteiger partial charge in [0.05, 0.1) is 0 Å². The van der Waals surface area contributed by atoms with Crippen molar-refractivity contribution in [3.63, 3.8) is 0 Å². The summed E-state index contributed by atoms with van der Waals surface area (Å²) in [6, 6.07) is 9.37. The molecule has 0 heterocycles. The van der Waals surface area contributed by atoms with Crippen molar-refractivity contribution in [2.75, 3.05) is 0 Å². The molecule has 152 valence electrons. The van der Waals surface area contributed by atoms with Crippen LogP contribution in [0.4, 0.5) is 4.39 Å². The van der Waals surface area contributed by atoms with Gasteiger partial charge in [-0.2, -0.15) is 0 Å². The van der Waals surface area contributed by atoms with E-state index in [1.807, 2.05) is 0 Å². The van der Waals surface area contributed by atoms with Gasteiger partial charge in [0.15, 0.2) is 0 Å². The highest BCUT2D eigenvalue weighted by Gasteiger charge is 2.31. The predicted octanol–water partition coefficient (Wildman–Crippen LogP) is 8.56.